The first-order chi connectivity index (χ1) is 14.0. The maximum absolute atomic E-state index is 13.1. The molecule has 0 spiro atoms. The number of carbonyl (C=O) groups excluding carboxylic acids is 2. The number of aromatic nitrogens is 1. The van der Waals surface area contributed by atoms with Crippen LogP contribution in [0.3, 0.4) is 0 Å². The van der Waals surface area contributed by atoms with E-state index in [0.29, 0.717) is 49.8 Å². The number of H-pyrrole nitrogens is 1. The van der Waals surface area contributed by atoms with Gasteiger partial charge in [0.1, 0.15) is 0 Å². The van der Waals surface area contributed by atoms with Crippen molar-refractivity contribution in [2.24, 2.45) is 0 Å². The van der Waals surface area contributed by atoms with Crippen molar-refractivity contribution in [1.82, 2.24) is 19.7 Å². The number of hydrogen-bond donors (Lipinski definition) is 1. The first-order valence-corrected chi connectivity index (χ1v) is 10.5. The van der Waals surface area contributed by atoms with E-state index in [1.165, 1.54) is 12.5 Å². The van der Waals surface area contributed by atoms with E-state index in [1.807, 2.05) is 23.1 Å². The van der Waals surface area contributed by atoms with Crippen LogP contribution >= 0.6 is 0 Å². The summed E-state index contributed by atoms with van der Waals surface area (Å²) in [4.78, 5) is 46.4. The molecule has 1 aromatic carbocycles. The second-order valence-corrected chi connectivity index (χ2v) is 8.09. The van der Waals surface area contributed by atoms with E-state index < -0.39 is 0 Å². The predicted molar refractivity (Wildman–Crippen MR) is 112 cm³/mol. The summed E-state index contributed by atoms with van der Waals surface area (Å²) in [6.07, 6.45) is 3.36. The molecule has 1 unspecified atom stereocenters. The van der Waals surface area contributed by atoms with Crippen LogP contribution in [0.1, 0.15) is 36.5 Å². The number of nitrogens with zero attached hydrogens (tertiary/aromatic N) is 3. The lowest BCUT2D eigenvalue weighted by atomic mass is 10.0. The van der Waals surface area contributed by atoms with Gasteiger partial charge in [-0.2, -0.15) is 0 Å². The molecule has 2 aliphatic rings. The molecule has 1 atom stereocenters. The van der Waals surface area contributed by atoms with E-state index in [1.54, 1.807) is 11.0 Å². The molecule has 154 valence electrons. The lowest BCUT2D eigenvalue weighted by molar-refractivity contribution is -0.136. The zero-order valence-electron chi connectivity index (χ0n) is 16.9. The second kappa shape index (κ2) is 8.37. The number of aromatic amines is 1. The van der Waals surface area contributed by atoms with Gasteiger partial charge < -0.3 is 14.8 Å². The number of pyridine rings is 1. The topological polar surface area (TPSA) is 76.7 Å². The highest BCUT2D eigenvalue weighted by Crippen LogP contribution is 2.19. The van der Waals surface area contributed by atoms with Crippen molar-refractivity contribution in [3.8, 4) is 0 Å². The Morgan fingerprint density at radius 3 is 2.59 bits per heavy atom. The van der Waals surface area contributed by atoms with Crippen LogP contribution in [0.15, 0.2) is 35.1 Å². The number of hydrogen-bond acceptors (Lipinski definition) is 4. The van der Waals surface area contributed by atoms with Crippen LogP contribution in [0.2, 0.25) is 0 Å². The van der Waals surface area contributed by atoms with Crippen LogP contribution in [0.25, 0.3) is 10.9 Å². The van der Waals surface area contributed by atoms with Crippen molar-refractivity contribution in [1.29, 1.82) is 0 Å². The molecule has 1 aromatic heterocycles. The molecule has 2 aromatic rings. The van der Waals surface area contributed by atoms with E-state index in [2.05, 4.69) is 16.8 Å². The molecule has 7 heteroatoms. The maximum atomic E-state index is 13.1. The van der Waals surface area contributed by atoms with Gasteiger partial charge in [0.15, 0.2) is 0 Å². The van der Waals surface area contributed by atoms with E-state index in [-0.39, 0.29) is 17.4 Å². The molecule has 3 heterocycles. The van der Waals surface area contributed by atoms with Gasteiger partial charge in [0.05, 0.1) is 12.1 Å². The Balaban J connectivity index is 1.39. The van der Waals surface area contributed by atoms with Crippen molar-refractivity contribution in [2.45, 2.75) is 32.2 Å². The smallest absolute Gasteiger partial charge is 0.254 e. The lowest BCUT2D eigenvalue weighted by Crippen LogP contribution is -2.53. The Morgan fingerprint density at radius 1 is 1.07 bits per heavy atom. The Hall–Kier alpha value is -2.67. The van der Waals surface area contributed by atoms with Crippen LogP contribution < -0.4 is 5.56 Å². The second-order valence-electron chi connectivity index (χ2n) is 8.09. The van der Waals surface area contributed by atoms with E-state index in [4.69, 9.17) is 0 Å². The third-order valence-electron chi connectivity index (χ3n) is 6.12. The summed E-state index contributed by atoms with van der Waals surface area (Å²) in [5, 5.41) is 0.758. The van der Waals surface area contributed by atoms with Crippen LogP contribution in [0.5, 0.6) is 0 Å². The first-order valence-electron chi connectivity index (χ1n) is 10.5. The molecule has 29 heavy (non-hydrogen) atoms. The number of piperidine rings is 1. The largest absolute Gasteiger partial charge is 0.339 e. The average Bonchev–Trinajstić information content (AvgIpc) is 2.73. The highest BCUT2D eigenvalue weighted by Gasteiger charge is 2.28. The van der Waals surface area contributed by atoms with Crippen molar-refractivity contribution in [3.63, 3.8) is 0 Å². The highest BCUT2D eigenvalue weighted by molar-refractivity contribution is 6.06. The number of likely N-dealkylation sites (tertiary alicyclic amines) is 1. The van der Waals surface area contributed by atoms with Gasteiger partial charge in [-0.15, -0.1) is 0 Å². The van der Waals surface area contributed by atoms with Gasteiger partial charge in [-0.25, -0.2) is 0 Å². The number of nitrogens with one attached hydrogen (secondary N) is 1. The summed E-state index contributed by atoms with van der Waals surface area (Å²) in [6.45, 7) is 5.85. The van der Waals surface area contributed by atoms with Gasteiger partial charge in [0.25, 0.3) is 5.91 Å². The van der Waals surface area contributed by atoms with Gasteiger partial charge in [0, 0.05) is 55.7 Å². The number of benzene rings is 1. The highest BCUT2D eigenvalue weighted by atomic mass is 16.2. The fraction of sp³-hybridized carbons (Fsp3) is 0.500. The molecule has 4 rings (SSSR count). The van der Waals surface area contributed by atoms with Gasteiger partial charge in [-0.1, -0.05) is 18.2 Å². The zero-order valence-corrected chi connectivity index (χ0v) is 16.9. The molecular formula is C22H28N4O3. The zero-order chi connectivity index (χ0) is 20.4. The van der Waals surface area contributed by atoms with E-state index >= 15 is 0 Å². The monoisotopic (exact) mass is 396 g/mol. The number of amides is 2. The number of piperazine rings is 1. The quantitative estimate of drug-likeness (QED) is 0.857. The summed E-state index contributed by atoms with van der Waals surface area (Å²) in [6, 6.07) is 9.07. The van der Waals surface area contributed by atoms with Crippen LogP contribution in [-0.4, -0.2) is 76.8 Å². The number of rotatable bonds is 3. The van der Waals surface area contributed by atoms with Gasteiger partial charge in [0.2, 0.25) is 11.5 Å². The van der Waals surface area contributed by atoms with E-state index in [9.17, 15) is 14.4 Å². The van der Waals surface area contributed by atoms with E-state index in [0.717, 1.165) is 24.8 Å². The summed E-state index contributed by atoms with van der Waals surface area (Å²) >= 11 is 0. The Labute approximate surface area is 170 Å². The molecule has 0 radical (unpaired) electrons. The summed E-state index contributed by atoms with van der Waals surface area (Å²) in [5.41, 5.74) is 0.839. The minimum atomic E-state index is -0.271. The molecule has 1 N–H and O–H groups in total. The Morgan fingerprint density at radius 2 is 1.83 bits per heavy atom. The van der Waals surface area contributed by atoms with Gasteiger partial charge >= 0.3 is 0 Å². The van der Waals surface area contributed by atoms with Crippen molar-refractivity contribution >= 4 is 22.7 Å². The van der Waals surface area contributed by atoms with Gasteiger partial charge in [-0.05, 0) is 32.3 Å². The molecule has 0 saturated carbocycles. The number of fused-ring (bicyclic) bond motifs is 1. The summed E-state index contributed by atoms with van der Waals surface area (Å²) in [7, 11) is 0. The summed E-state index contributed by atoms with van der Waals surface area (Å²) in [5.74, 6) is 0.0699. The predicted octanol–water partition coefficient (Wildman–Crippen LogP) is 1.69. The number of para-hydroxylation sites is 1. The minimum Gasteiger partial charge on any atom is -0.339 e. The van der Waals surface area contributed by atoms with Crippen molar-refractivity contribution in [3.05, 3.63) is 46.2 Å². The minimum absolute atomic E-state index is 0.122. The summed E-state index contributed by atoms with van der Waals surface area (Å²) < 4.78 is 0. The third kappa shape index (κ3) is 4.19. The molecule has 2 saturated heterocycles. The molecule has 2 aliphatic heterocycles. The first kappa shape index (κ1) is 19.6. The average molecular weight is 396 g/mol. The molecule has 0 aliphatic carbocycles. The maximum Gasteiger partial charge on any atom is 0.254 e. The van der Waals surface area contributed by atoms with Crippen LogP contribution in [0, 0.1) is 0 Å². The van der Waals surface area contributed by atoms with Crippen LogP contribution in [0.4, 0.5) is 0 Å². The SMILES string of the molecule is CC1CCCCN1C(=O)CN1CCN(C(=O)c2cc(=O)[nH]c3ccccc23)CC1. The normalized spacial score (nSPS) is 20.8. The standard InChI is InChI=1S/C22H28N4O3/c1-16-6-4-5-9-26(16)21(28)15-24-10-12-25(13-11-24)22(29)18-14-20(27)23-19-8-3-2-7-17(18)19/h2-3,7-8,14,16H,4-6,9-13,15H2,1H3,(H,23,27). The molecule has 2 fully saturated rings. The van der Waals surface area contributed by atoms with Crippen LogP contribution in [-0.2, 0) is 4.79 Å². The lowest BCUT2D eigenvalue weighted by Gasteiger charge is -2.38. The Bertz CT molecular complexity index is 962. The fourth-order valence-corrected chi connectivity index (χ4v) is 4.41. The molecule has 7 nitrogen and oxygen atoms in total. The molecule has 0 bridgehead atoms. The third-order valence-corrected chi connectivity index (χ3v) is 6.12. The number of carbonyl (C=O) groups is 2. The fourth-order valence-electron chi connectivity index (χ4n) is 4.41. The van der Waals surface area contributed by atoms with Crippen molar-refractivity contribution < 1.29 is 9.59 Å². The molecular weight excluding hydrogens is 368 g/mol. The molecule has 2 amide bonds. The van der Waals surface area contributed by atoms with Gasteiger partial charge in [-0.3, -0.25) is 19.3 Å². The Kier molecular flexibility index (Phi) is 5.67. The van der Waals surface area contributed by atoms with Crippen molar-refractivity contribution in [2.75, 3.05) is 39.3 Å².